The van der Waals surface area contributed by atoms with E-state index in [1.54, 1.807) is 7.11 Å². The number of hydrogen-bond acceptors (Lipinski definition) is 6. The quantitative estimate of drug-likeness (QED) is 0.555. The average molecular weight is 366 g/mol. The first-order valence-corrected chi connectivity index (χ1v) is 9.07. The maximum absolute atomic E-state index is 13.1. The summed E-state index contributed by atoms with van der Waals surface area (Å²) >= 11 is 1.36. The first kappa shape index (κ1) is 16.8. The number of aromatic nitrogens is 4. The highest BCUT2D eigenvalue weighted by Crippen LogP contribution is 2.32. The molecule has 7 heteroatoms. The van der Waals surface area contributed by atoms with Crippen LogP contribution in [0.25, 0.3) is 26.1 Å². The lowest BCUT2D eigenvalue weighted by molar-refractivity contribution is 0.186. The minimum Gasteiger partial charge on any atom is -0.380 e. The van der Waals surface area contributed by atoms with Gasteiger partial charge in [-0.15, -0.1) is 16.4 Å². The second-order valence-corrected chi connectivity index (χ2v) is 7.34. The van der Waals surface area contributed by atoms with Crippen molar-refractivity contribution in [1.82, 2.24) is 20.0 Å². The van der Waals surface area contributed by atoms with Gasteiger partial charge in [0, 0.05) is 18.2 Å². The van der Waals surface area contributed by atoms with Crippen molar-refractivity contribution in [1.29, 1.82) is 0 Å². The van der Waals surface area contributed by atoms with Crippen LogP contribution in [0, 0.1) is 20.8 Å². The van der Waals surface area contributed by atoms with Crippen LogP contribution in [0.1, 0.15) is 22.4 Å². The van der Waals surface area contributed by atoms with Crippen LogP contribution in [0.3, 0.4) is 0 Å². The molecule has 1 aromatic carbocycles. The van der Waals surface area contributed by atoms with Gasteiger partial charge in [0.05, 0.1) is 12.3 Å². The van der Waals surface area contributed by atoms with Crippen LogP contribution in [0.4, 0.5) is 0 Å². The van der Waals surface area contributed by atoms with Crippen LogP contribution in [0.15, 0.2) is 29.1 Å². The second kappa shape index (κ2) is 6.26. The van der Waals surface area contributed by atoms with E-state index < -0.39 is 0 Å². The minimum absolute atomic E-state index is 0.173. The number of methoxy groups -OCH3 is 1. The zero-order valence-electron chi connectivity index (χ0n) is 15.0. The van der Waals surface area contributed by atoms with E-state index in [9.17, 15) is 4.79 Å². The molecule has 3 aromatic heterocycles. The summed E-state index contributed by atoms with van der Waals surface area (Å²) < 4.78 is 7.25. The standard InChI is InChI=1S/C19H18N4O2S/c1-10-6-5-7-14(12(10)3)23-19(24)17-16(21-22-23)15-13(9-25-4)8-11(2)20-18(15)26-17/h5-8H,9H2,1-4H3. The van der Waals surface area contributed by atoms with E-state index in [1.807, 2.05) is 45.0 Å². The summed E-state index contributed by atoms with van der Waals surface area (Å²) in [5.41, 5.74) is 5.15. The Labute approximate surface area is 154 Å². The van der Waals surface area contributed by atoms with Crippen molar-refractivity contribution in [2.45, 2.75) is 27.4 Å². The van der Waals surface area contributed by atoms with E-state index >= 15 is 0 Å². The molecule has 26 heavy (non-hydrogen) atoms. The van der Waals surface area contributed by atoms with Crippen LogP contribution < -0.4 is 5.56 Å². The molecule has 0 aliphatic rings. The lowest BCUT2D eigenvalue weighted by atomic mass is 10.1. The van der Waals surface area contributed by atoms with Crippen LogP contribution in [-0.4, -0.2) is 27.1 Å². The third-order valence-corrected chi connectivity index (χ3v) is 5.63. The Morgan fingerprint density at radius 3 is 2.81 bits per heavy atom. The topological polar surface area (TPSA) is 69.9 Å². The highest BCUT2D eigenvalue weighted by Gasteiger charge is 2.18. The van der Waals surface area contributed by atoms with Crippen molar-refractivity contribution >= 4 is 31.8 Å². The first-order valence-electron chi connectivity index (χ1n) is 8.25. The van der Waals surface area contributed by atoms with Gasteiger partial charge in [-0.2, -0.15) is 4.68 Å². The van der Waals surface area contributed by atoms with Crippen LogP contribution in [-0.2, 0) is 11.3 Å². The molecule has 3 heterocycles. The smallest absolute Gasteiger partial charge is 0.292 e. The molecule has 0 saturated carbocycles. The van der Waals surface area contributed by atoms with Crippen LogP contribution in [0.5, 0.6) is 0 Å². The normalized spacial score (nSPS) is 11.5. The lowest BCUT2D eigenvalue weighted by Crippen LogP contribution is -2.22. The summed E-state index contributed by atoms with van der Waals surface area (Å²) in [7, 11) is 1.65. The number of ether oxygens (including phenoxy) is 1. The van der Waals surface area contributed by atoms with Gasteiger partial charge in [-0.3, -0.25) is 4.79 Å². The molecule has 4 aromatic rings. The van der Waals surface area contributed by atoms with Crippen molar-refractivity contribution in [3.05, 3.63) is 57.0 Å². The number of pyridine rings is 1. The molecular formula is C19H18N4O2S. The van der Waals surface area contributed by atoms with Crippen molar-refractivity contribution in [3.8, 4) is 5.69 Å². The van der Waals surface area contributed by atoms with Gasteiger partial charge in [0.25, 0.3) is 5.56 Å². The molecule has 0 unspecified atom stereocenters. The maximum Gasteiger partial charge on any atom is 0.292 e. The molecule has 0 saturated heterocycles. The molecule has 0 amide bonds. The van der Waals surface area contributed by atoms with Gasteiger partial charge in [0.1, 0.15) is 15.0 Å². The Bertz CT molecular complexity index is 1210. The Morgan fingerprint density at radius 2 is 2.04 bits per heavy atom. The summed E-state index contributed by atoms with van der Waals surface area (Å²) in [6.07, 6.45) is 0. The molecule has 0 N–H and O–H groups in total. The van der Waals surface area contributed by atoms with Gasteiger partial charge in [-0.25, -0.2) is 4.98 Å². The van der Waals surface area contributed by atoms with Crippen LogP contribution >= 0.6 is 11.3 Å². The number of aryl methyl sites for hydroxylation is 2. The summed E-state index contributed by atoms with van der Waals surface area (Å²) in [6.45, 7) is 6.37. The Balaban J connectivity index is 2.05. The van der Waals surface area contributed by atoms with E-state index in [4.69, 9.17) is 4.74 Å². The zero-order valence-corrected chi connectivity index (χ0v) is 15.8. The fourth-order valence-corrected chi connectivity index (χ4v) is 4.28. The maximum atomic E-state index is 13.1. The summed E-state index contributed by atoms with van der Waals surface area (Å²) in [4.78, 5) is 18.5. The molecule has 0 spiro atoms. The van der Waals surface area contributed by atoms with Gasteiger partial charge in [-0.1, -0.05) is 17.3 Å². The molecular weight excluding hydrogens is 348 g/mol. The van der Waals surface area contributed by atoms with Gasteiger partial charge in [-0.05, 0) is 49.6 Å². The fourth-order valence-electron chi connectivity index (χ4n) is 3.15. The third kappa shape index (κ3) is 2.51. The number of nitrogens with zero attached hydrogens (tertiary/aromatic N) is 4. The molecule has 6 nitrogen and oxygen atoms in total. The molecule has 0 aliphatic carbocycles. The van der Waals surface area contributed by atoms with Gasteiger partial charge in [0.2, 0.25) is 0 Å². The van der Waals surface area contributed by atoms with Crippen molar-refractivity contribution in [2.75, 3.05) is 7.11 Å². The minimum atomic E-state index is -0.173. The van der Waals surface area contributed by atoms with Crippen LogP contribution in [0.2, 0.25) is 0 Å². The van der Waals surface area contributed by atoms with E-state index in [0.29, 0.717) is 16.8 Å². The van der Waals surface area contributed by atoms with Gasteiger partial charge < -0.3 is 4.74 Å². The average Bonchev–Trinajstić information content (AvgIpc) is 2.98. The monoisotopic (exact) mass is 366 g/mol. The highest BCUT2D eigenvalue weighted by atomic mass is 32.1. The Morgan fingerprint density at radius 1 is 1.23 bits per heavy atom. The Kier molecular flexibility index (Phi) is 4.05. The van der Waals surface area contributed by atoms with Gasteiger partial charge >= 0.3 is 0 Å². The molecule has 0 bridgehead atoms. The lowest BCUT2D eigenvalue weighted by Gasteiger charge is -2.09. The third-order valence-electron chi connectivity index (χ3n) is 4.57. The molecule has 0 atom stereocenters. The molecule has 0 fully saturated rings. The highest BCUT2D eigenvalue weighted by molar-refractivity contribution is 7.25. The largest absolute Gasteiger partial charge is 0.380 e. The van der Waals surface area contributed by atoms with E-state index in [2.05, 4.69) is 15.3 Å². The van der Waals surface area contributed by atoms with E-state index in [0.717, 1.165) is 38.3 Å². The number of hydrogen-bond donors (Lipinski definition) is 0. The second-order valence-electron chi connectivity index (χ2n) is 6.34. The number of thiophene rings is 1. The predicted octanol–water partition coefficient (Wildman–Crippen LogP) is 3.46. The number of benzene rings is 1. The SMILES string of the molecule is COCc1cc(C)nc2sc3c(=O)n(-c4cccc(C)c4C)nnc3c12. The Hall–Kier alpha value is -2.64. The first-order chi connectivity index (χ1) is 12.5. The van der Waals surface area contributed by atoms with E-state index in [1.165, 1.54) is 16.0 Å². The predicted molar refractivity (Wildman–Crippen MR) is 103 cm³/mol. The fraction of sp³-hybridized carbons (Fsp3) is 0.263. The van der Waals surface area contributed by atoms with Gasteiger partial charge in [0.15, 0.2) is 0 Å². The van der Waals surface area contributed by atoms with Crippen molar-refractivity contribution < 1.29 is 4.74 Å². The summed E-state index contributed by atoms with van der Waals surface area (Å²) in [5.74, 6) is 0. The number of rotatable bonds is 3. The summed E-state index contributed by atoms with van der Waals surface area (Å²) in [5, 5.41) is 9.45. The zero-order chi connectivity index (χ0) is 18.4. The molecule has 0 aliphatic heterocycles. The molecule has 0 radical (unpaired) electrons. The summed E-state index contributed by atoms with van der Waals surface area (Å²) in [6, 6.07) is 7.79. The van der Waals surface area contributed by atoms with Crippen molar-refractivity contribution in [2.24, 2.45) is 0 Å². The van der Waals surface area contributed by atoms with Crippen molar-refractivity contribution in [3.63, 3.8) is 0 Å². The van der Waals surface area contributed by atoms with E-state index in [-0.39, 0.29) is 5.56 Å². The molecule has 4 rings (SSSR count). The molecule has 132 valence electrons. The number of fused-ring (bicyclic) bond motifs is 3.